The molecule has 2 rings (SSSR count). The van der Waals surface area contributed by atoms with Gasteiger partial charge in [-0.15, -0.1) is 11.3 Å². The molecule has 0 radical (unpaired) electrons. The molecule has 70 valence electrons. The van der Waals surface area contributed by atoms with Crippen molar-refractivity contribution in [2.24, 2.45) is 0 Å². The number of halogens is 1. The zero-order valence-corrected chi connectivity index (χ0v) is 7.55. The van der Waals surface area contributed by atoms with Crippen LogP contribution in [0.4, 0.5) is 4.39 Å². The van der Waals surface area contributed by atoms with Crippen LogP contribution in [0.3, 0.4) is 0 Å². The second-order valence-electron chi connectivity index (χ2n) is 3.08. The van der Waals surface area contributed by atoms with Gasteiger partial charge in [0, 0.05) is 12.1 Å². The van der Waals surface area contributed by atoms with E-state index in [2.05, 4.69) is 4.98 Å². The summed E-state index contributed by atoms with van der Waals surface area (Å²) in [5.41, 5.74) is 0. The van der Waals surface area contributed by atoms with Crippen molar-refractivity contribution in [2.45, 2.75) is 24.9 Å². The monoisotopic (exact) mass is 201 g/mol. The van der Waals surface area contributed by atoms with Crippen molar-refractivity contribution >= 4 is 17.3 Å². The minimum atomic E-state index is -1.91. The topological polar surface area (TPSA) is 50.2 Å². The molecule has 0 aliphatic heterocycles. The highest BCUT2D eigenvalue weighted by atomic mass is 32.1. The van der Waals surface area contributed by atoms with Crippen LogP contribution in [0.15, 0.2) is 6.20 Å². The molecule has 1 aromatic heterocycles. The Morgan fingerprint density at radius 3 is 3.00 bits per heavy atom. The predicted octanol–water partition coefficient (Wildman–Crippen LogP) is 2.12. The summed E-state index contributed by atoms with van der Waals surface area (Å²) in [6.45, 7) is 0. The highest BCUT2D eigenvalue weighted by Gasteiger charge is 2.29. The minimum Gasteiger partial charge on any atom is -0.479 e. The van der Waals surface area contributed by atoms with Crippen molar-refractivity contribution in [3.63, 3.8) is 0 Å². The van der Waals surface area contributed by atoms with Gasteiger partial charge in [0.1, 0.15) is 0 Å². The van der Waals surface area contributed by atoms with Gasteiger partial charge in [-0.3, -0.25) is 0 Å². The Morgan fingerprint density at radius 2 is 2.46 bits per heavy atom. The fraction of sp³-hybridized carbons (Fsp3) is 0.500. The van der Waals surface area contributed by atoms with Crippen LogP contribution in [0, 0.1) is 0 Å². The summed E-state index contributed by atoms with van der Waals surface area (Å²) >= 11 is 1.17. The molecule has 0 aromatic carbocycles. The maximum Gasteiger partial charge on any atom is 0.343 e. The Kier molecular flexibility index (Phi) is 2.03. The molecule has 1 aromatic rings. The van der Waals surface area contributed by atoms with Crippen molar-refractivity contribution in [1.82, 2.24) is 4.98 Å². The molecule has 1 fully saturated rings. The number of nitrogens with zero attached hydrogens (tertiary/aromatic N) is 1. The Morgan fingerprint density at radius 1 is 1.77 bits per heavy atom. The van der Waals surface area contributed by atoms with Gasteiger partial charge in [-0.05, 0) is 12.8 Å². The summed E-state index contributed by atoms with van der Waals surface area (Å²) in [5, 5.41) is 9.28. The van der Waals surface area contributed by atoms with E-state index < -0.39 is 12.1 Å². The summed E-state index contributed by atoms with van der Waals surface area (Å²) in [5.74, 6) is -0.981. The molecule has 0 saturated heterocycles. The molecular formula is C8H8FNO2S. The number of carboxylic acids is 1. The first kappa shape index (κ1) is 8.62. The van der Waals surface area contributed by atoms with Gasteiger partial charge in [0.25, 0.3) is 0 Å². The van der Waals surface area contributed by atoms with Crippen molar-refractivity contribution < 1.29 is 14.3 Å². The van der Waals surface area contributed by atoms with Crippen LogP contribution in [0.1, 0.15) is 34.8 Å². The highest BCUT2D eigenvalue weighted by molar-refractivity contribution is 7.11. The Bertz CT molecular complexity index is 335. The Balaban J connectivity index is 2.16. The van der Waals surface area contributed by atoms with E-state index in [1.54, 1.807) is 0 Å². The lowest BCUT2D eigenvalue weighted by Gasteiger charge is -1.95. The average molecular weight is 201 g/mol. The van der Waals surface area contributed by atoms with Crippen LogP contribution >= 0.6 is 11.3 Å². The van der Waals surface area contributed by atoms with Crippen LogP contribution in [-0.4, -0.2) is 16.1 Å². The zero-order valence-electron chi connectivity index (χ0n) is 6.74. The second kappa shape index (κ2) is 3.06. The van der Waals surface area contributed by atoms with Crippen LogP contribution in [0.5, 0.6) is 0 Å². The number of hydrogen-bond acceptors (Lipinski definition) is 3. The van der Waals surface area contributed by atoms with E-state index in [9.17, 15) is 9.18 Å². The average Bonchev–Trinajstić information content (AvgIpc) is 2.83. The van der Waals surface area contributed by atoms with E-state index >= 15 is 0 Å². The van der Waals surface area contributed by atoms with E-state index in [1.165, 1.54) is 17.5 Å². The van der Waals surface area contributed by atoms with Crippen LogP contribution in [0.25, 0.3) is 0 Å². The summed E-state index contributed by atoms with van der Waals surface area (Å²) < 4.78 is 12.9. The van der Waals surface area contributed by atoms with Gasteiger partial charge in [-0.25, -0.2) is 14.2 Å². The Labute approximate surface area is 78.2 Å². The standard InChI is InChI=1S/C8H8FNO2S/c9-6(8(11)12)5-3-10-7(13-5)4-1-2-4/h3-4,6H,1-2H2,(H,11,12). The molecule has 13 heavy (non-hydrogen) atoms. The fourth-order valence-corrected chi connectivity index (χ4v) is 2.12. The summed E-state index contributed by atoms with van der Waals surface area (Å²) in [7, 11) is 0. The molecule has 1 N–H and O–H groups in total. The third-order valence-electron chi connectivity index (χ3n) is 1.93. The number of thiazole rings is 1. The maximum atomic E-state index is 12.9. The SMILES string of the molecule is O=C(O)C(F)c1cnc(C2CC2)s1. The van der Waals surface area contributed by atoms with Crippen LogP contribution in [0.2, 0.25) is 0 Å². The molecule has 1 heterocycles. The molecule has 0 spiro atoms. The quantitative estimate of drug-likeness (QED) is 0.814. The first-order valence-electron chi connectivity index (χ1n) is 4.01. The largest absolute Gasteiger partial charge is 0.479 e. The number of carboxylic acid groups (broad SMARTS) is 1. The van der Waals surface area contributed by atoms with E-state index in [0.717, 1.165) is 17.8 Å². The predicted molar refractivity (Wildman–Crippen MR) is 45.6 cm³/mol. The molecule has 3 nitrogen and oxygen atoms in total. The summed E-state index contributed by atoms with van der Waals surface area (Å²) in [6, 6.07) is 0. The molecule has 1 atom stereocenters. The van der Waals surface area contributed by atoms with Gasteiger partial charge in [-0.1, -0.05) is 0 Å². The van der Waals surface area contributed by atoms with Gasteiger partial charge in [0.15, 0.2) is 0 Å². The number of aromatic nitrogens is 1. The summed E-state index contributed by atoms with van der Waals surface area (Å²) in [6.07, 6.45) is 1.61. The number of hydrogen-bond donors (Lipinski definition) is 1. The molecular weight excluding hydrogens is 193 g/mol. The van der Waals surface area contributed by atoms with Crippen LogP contribution in [-0.2, 0) is 4.79 Å². The lowest BCUT2D eigenvalue weighted by molar-refractivity contribution is -0.142. The third-order valence-corrected chi connectivity index (χ3v) is 3.13. The van der Waals surface area contributed by atoms with Crippen molar-refractivity contribution in [1.29, 1.82) is 0 Å². The first-order chi connectivity index (χ1) is 6.18. The molecule has 5 heteroatoms. The number of carbonyl (C=O) groups is 1. The summed E-state index contributed by atoms with van der Waals surface area (Å²) in [4.78, 5) is 14.5. The van der Waals surface area contributed by atoms with E-state index in [4.69, 9.17) is 5.11 Å². The minimum absolute atomic E-state index is 0.203. The van der Waals surface area contributed by atoms with Crippen molar-refractivity contribution in [3.8, 4) is 0 Å². The van der Waals surface area contributed by atoms with Crippen LogP contribution < -0.4 is 0 Å². The zero-order chi connectivity index (χ0) is 9.42. The van der Waals surface area contributed by atoms with Gasteiger partial charge in [-0.2, -0.15) is 0 Å². The lowest BCUT2D eigenvalue weighted by Crippen LogP contribution is -2.03. The molecule has 1 saturated carbocycles. The third kappa shape index (κ3) is 1.70. The molecule has 1 unspecified atom stereocenters. The molecule has 0 bridgehead atoms. The van der Waals surface area contributed by atoms with Gasteiger partial charge >= 0.3 is 5.97 Å². The normalized spacial score (nSPS) is 18.5. The molecule has 1 aliphatic rings. The molecule has 0 amide bonds. The number of alkyl halides is 1. The van der Waals surface area contributed by atoms with Crippen molar-refractivity contribution in [2.75, 3.05) is 0 Å². The van der Waals surface area contributed by atoms with Gasteiger partial charge in [0.2, 0.25) is 6.17 Å². The van der Waals surface area contributed by atoms with E-state index in [0.29, 0.717) is 5.92 Å². The van der Waals surface area contributed by atoms with E-state index in [-0.39, 0.29) is 4.88 Å². The fourth-order valence-electron chi connectivity index (χ4n) is 1.06. The Hall–Kier alpha value is -0.970. The smallest absolute Gasteiger partial charge is 0.343 e. The molecule has 1 aliphatic carbocycles. The number of rotatable bonds is 3. The van der Waals surface area contributed by atoms with Crippen molar-refractivity contribution in [3.05, 3.63) is 16.1 Å². The number of aliphatic carboxylic acids is 1. The second-order valence-corrected chi connectivity index (χ2v) is 4.17. The van der Waals surface area contributed by atoms with E-state index in [1.807, 2.05) is 0 Å². The maximum absolute atomic E-state index is 12.9. The first-order valence-corrected chi connectivity index (χ1v) is 4.82. The highest BCUT2D eigenvalue weighted by Crippen LogP contribution is 2.42. The van der Waals surface area contributed by atoms with Gasteiger partial charge < -0.3 is 5.11 Å². The van der Waals surface area contributed by atoms with Gasteiger partial charge in [0.05, 0.1) is 9.88 Å². The lowest BCUT2D eigenvalue weighted by atomic mass is 10.3.